The molecule has 0 saturated heterocycles. The van der Waals surface area contributed by atoms with Crippen LogP contribution in [0.2, 0.25) is 0 Å². The molecule has 17 heavy (non-hydrogen) atoms. The summed E-state index contributed by atoms with van der Waals surface area (Å²) in [5.74, 6) is 0.0281. The van der Waals surface area contributed by atoms with Crippen LogP contribution in [0.5, 0.6) is 0 Å². The number of carbonyl (C=O) groups is 1. The minimum atomic E-state index is 0.0281. The molecule has 1 rings (SSSR count). The third-order valence-electron chi connectivity index (χ3n) is 2.50. The second-order valence-electron chi connectivity index (χ2n) is 4.12. The van der Waals surface area contributed by atoms with E-state index in [2.05, 4.69) is 50.8 Å². The fourth-order valence-electron chi connectivity index (χ4n) is 1.50. The van der Waals surface area contributed by atoms with Gasteiger partial charge in [-0.2, -0.15) is 0 Å². The van der Waals surface area contributed by atoms with E-state index in [1.165, 1.54) is 0 Å². The maximum absolute atomic E-state index is 11.9. The largest absolute Gasteiger partial charge is 0.352 e. The number of benzene rings is 1. The number of amides is 1. The Bertz CT molecular complexity index is 393. The summed E-state index contributed by atoms with van der Waals surface area (Å²) in [6.07, 6.45) is 2.08. The van der Waals surface area contributed by atoms with Crippen LogP contribution >= 0.6 is 38.5 Å². The second-order valence-corrected chi connectivity index (χ2v) is 6.76. The van der Waals surface area contributed by atoms with Gasteiger partial charge in [-0.3, -0.25) is 4.79 Å². The zero-order valence-corrected chi connectivity index (χ0v) is 13.8. The standard InChI is InChI=1S/C13H17BrINO/c1-9-5-3-7-11(12(9)15)13(17)16-8-4-6-10(2)14/h3,5,7,10H,4,6,8H2,1-2H3,(H,16,17). The molecule has 1 aromatic rings. The average Bonchev–Trinajstić information content (AvgIpc) is 2.27. The predicted molar refractivity (Wildman–Crippen MR) is 83.9 cm³/mol. The molecule has 1 unspecified atom stereocenters. The molecule has 0 aliphatic rings. The van der Waals surface area contributed by atoms with Crippen molar-refractivity contribution in [3.63, 3.8) is 0 Å². The summed E-state index contributed by atoms with van der Waals surface area (Å²) in [6.45, 7) is 4.87. The van der Waals surface area contributed by atoms with Crippen LogP contribution < -0.4 is 5.32 Å². The van der Waals surface area contributed by atoms with Crippen LogP contribution in [0.3, 0.4) is 0 Å². The first-order valence-electron chi connectivity index (χ1n) is 5.69. The highest BCUT2D eigenvalue weighted by Gasteiger charge is 2.10. The molecular formula is C13H17BrINO. The van der Waals surface area contributed by atoms with Crippen LogP contribution in [-0.4, -0.2) is 17.3 Å². The lowest BCUT2D eigenvalue weighted by Crippen LogP contribution is -2.25. The van der Waals surface area contributed by atoms with Gasteiger partial charge in [-0.05, 0) is 54.0 Å². The highest BCUT2D eigenvalue weighted by atomic mass is 127. The molecule has 0 aliphatic carbocycles. The van der Waals surface area contributed by atoms with Crippen molar-refractivity contribution in [2.45, 2.75) is 31.5 Å². The molecule has 0 heterocycles. The lowest BCUT2D eigenvalue weighted by Gasteiger charge is -2.09. The van der Waals surface area contributed by atoms with Gasteiger partial charge in [-0.1, -0.05) is 35.0 Å². The Hall–Kier alpha value is -0.100. The number of aryl methyl sites for hydroxylation is 1. The molecule has 0 fully saturated rings. The lowest BCUT2D eigenvalue weighted by molar-refractivity contribution is 0.0952. The molecule has 0 bridgehead atoms. The Morgan fingerprint density at radius 3 is 2.88 bits per heavy atom. The van der Waals surface area contributed by atoms with E-state index in [9.17, 15) is 4.79 Å². The van der Waals surface area contributed by atoms with Crippen molar-refractivity contribution in [2.24, 2.45) is 0 Å². The summed E-state index contributed by atoms with van der Waals surface area (Å²) in [5, 5.41) is 2.96. The van der Waals surface area contributed by atoms with Gasteiger partial charge < -0.3 is 5.32 Å². The van der Waals surface area contributed by atoms with E-state index >= 15 is 0 Å². The fraction of sp³-hybridized carbons (Fsp3) is 0.462. The van der Waals surface area contributed by atoms with E-state index < -0.39 is 0 Å². The van der Waals surface area contributed by atoms with Gasteiger partial charge in [0.1, 0.15) is 0 Å². The Kier molecular flexibility index (Phi) is 6.48. The van der Waals surface area contributed by atoms with Gasteiger partial charge in [0.2, 0.25) is 0 Å². The van der Waals surface area contributed by atoms with Gasteiger partial charge in [-0.25, -0.2) is 0 Å². The quantitative estimate of drug-likeness (QED) is 0.446. The van der Waals surface area contributed by atoms with Crippen molar-refractivity contribution >= 4 is 44.4 Å². The minimum absolute atomic E-state index is 0.0281. The zero-order chi connectivity index (χ0) is 12.8. The third kappa shape index (κ3) is 4.95. The molecule has 94 valence electrons. The van der Waals surface area contributed by atoms with Gasteiger partial charge in [0.25, 0.3) is 5.91 Å². The van der Waals surface area contributed by atoms with Crippen molar-refractivity contribution in [1.82, 2.24) is 5.32 Å². The number of rotatable bonds is 5. The Balaban J connectivity index is 2.50. The van der Waals surface area contributed by atoms with Crippen LogP contribution in [0, 0.1) is 10.5 Å². The molecule has 0 spiro atoms. The number of alkyl halides is 1. The van der Waals surface area contributed by atoms with Crippen molar-refractivity contribution in [1.29, 1.82) is 0 Å². The number of carbonyl (C=O) groups excluding carboxylic acids is 1. The van der Waals surface area contributed by atoms with Crippen LogP contribution in [0.4, 0.5) is 0 Å². The first-order chi connectivity index (χ1) is 8.02. The van der Waals surface area contributed by atoms with Crippen LogP contribution in [0.15, 0.2) is 18.2 Å². The monoisotopic (exact) mass is 409 g/mol. The number of halogens is 2. The Morgan fingerprint density at radius 2 is 2.24 bits per heavy atom. The van der Waals surface area contributed by atoms with Crippen LogP contribution in [0.1, 0.15) is 35.7 Å². The smallest absolute Gasteiger partial charge is 0.252 e. The SMILES string of the molecule is Cc1cccc(C(=O)NCCCC(C)Br)c1I. The summed E-state index contributed by atoms with van der Waals surface area (Å²) in [7, 11) is 0. The molecule has 4 heteroatoms. The van der Waals surface area contributed by atoms with Gasteiger partial charge in [-0.15, -0.1) is 0 Å². The average molecular weight is 410 g/mol. The number of hydrogen-bond donors (Lipinski definition) is 1. The summed E-state index contributed by atoms with van der Waals surface area (Å²) in [5.41, 5.74) is 1.92. The highest BCUT2D eigenvalue weighted by Crippen LogP contribution is 2.16. The molecule has 0 aliphatic heterocycles. The maximum atomic E-state index is 11.9. The topological polar surface area (TPSA) is 29.1 Å². The Morgan fingerprint density at radius 1 is 1.53 bits per heavy atom. The molecule has 1 N–H and O–H groups in total. The molecule has 0 aromatic heterocycles. The number of hydrogen-bond acceptors (Lipinski definition) is 1. The maximum Gasteiger partial charge on any atom is 0.252 e. The molecule has 0 radical (unpaired) electrons. The number of nitrogens with one attached hydrogen (secondary N) is 1. The van der Waals surface area contributed by atoms with Crippen LogP contribution in [-0.2, 0) is 0 Å². The third-order valence-corrected chi connectivity index (χ3v) is 4.39. The Labute approximate surface area is 125 Å². The minimum Gasteiger partial charge on any atom is -0.352 e. The normalized spacial score (nSPS) is 12.2. The van der Waals surface area contributed by atoms with Crippen molar-refractivity contribution in [3.05, 3.63) is 32.9 Å². The van der Waals surface area contributed by atoms with E-state index in [4.69, 9.17) is 0 Å². The van der Waals surface area contributed by atoms with Gasteiger partial charge in [0, 0.05) is 14.9 Å². The highest BCUT2D eigenvalue weighted by molar-refractivity contribution is 14.1. The van der Waals surface area contributed by atoms with Gasteiger partial charge >= 0.3 is 0 Å². The van der Waals surface area contributed by atoms with Gasteiger partial charge in [0.05, 0.1) is 5.56 Å². The molecular weight excluding hydrogens is 393 g/mol. The molecule has 0 saturated carbocycles. The first-order valence-corrected chi connectivity index (χ1v) is 7.69. The van der Waals surface area contributed by atoms with E-state index in [0.717, 1.165) is 34.1 Å². The summed E-state index contributed by atoms with van der Waals surface area (Å²) in [4.78, 5) is 12.4. The second kappa shape index (κ2) is 7.36. The van der Waals surface area contributed by atoms with E-state index in [1.54, 1.807) is 0 Å². The lowest BCUT2D eigenvalue weighted by atomic mass is 10.1. The molecule has 2 nitrogen and oxygen atoms in total. The van der Waals surface area contributed by atoms with Crippen molar-refractivity contribution in [3.8, 4) is 0 Å². The summed E-state index contributed by atoms with van der Waals surface area (Å²) < 4.78 is 1.04. The fourth-order valence-corrected chi connectivity index (χ4v) is 2.43. The van der Waals surface area contributed by atoms with E-state index in [0.29, 0.717) is 4.83 Å². The van der Waals surface area contributed by atoms with Gasteiger partial charge in [0.15, 0.2) is 0 Å². The van der Waals surface area contributed by atoms with E-state index in [1.807, 2.05) is 25.1 Å². The summed E-state index contributed by atoms with van der Waals surface area (Å²) in [6, 6.07) is 5.81. The zero-order valence-electron chi connectivity index (χ0n) is 10.1. The molecule has 1 aromatic carbocycles. The molecule has 1 atom stereocenters. The first kappa shape index (κ1) is 15.0. The summed E-state index contributed by atoms with van der Waals surface area (Å²) >= 11 is 5.72. The van der Waals surface area contributed by atoms with Crippen molar-refractivity contribution in [2.75, 3.05) is 6.54 Å². The van der Waals surface area contributed by atoms with Crippen LogP contribution in [0.25, 0.3) is 0 Å². The molecule has 1 amide bonds. The van der Waals surface area contributed by atoms with Crippen molar-refractivity contribution < 1.29 is 4.79 Å². The van der Waals surface area contributed by atoms with E-state index in [-0.39, 0.29) is 5.91 Å². The predicted octanol–water partition coefficient (Wildman–Crippen LogP) is 3.89.